The minimum Gasteiger partial charge on any atom is -0.409 e. The predicted octanol–water partition coefficient (Wildman–Crippen LogP) is 1.45. The van der Waals surface area contributed by atoms with Crippen LogP contribution in [0.5, 0.6) is 0 Å². The molecule has 6 nitrogen and oxygen atoms in total. The maximum Gasteiger partial charge on any atom is 0.140 e. The van der Waals surface area contributed by atoms with Crippen molar-refractivity contribution in [3.63, 3.8) is 0 Å². The minimum absolute atomic E-state index is 0.258. The van der Waals surface area contributed by atoms with Crippen molar-refractivity contribution in [2.75, 3.05) is 13.1 Å². The second-order valence-corrected chi connectivity index (χ2v) is 4.97. The van der Waals surface area contributed by atoms with Crippen molar-refractivity contribution in [1.29, 1.82) is 0 Å². The van der Waals surface area contributed by atoms with E-state index in [2.05, 4.69) is 38.0 Å². The maximum atomic E-state index is 8.52. The molecule has 0 aliphatic carbocycles. The fraction of sp³-hybridized carbons (Fsp3) is 0.636. The van der Waals surface area contributed by atoms with Gasteiger partial charge in [0.05, 0.1) is 15.9 Å². The lowest BCUT2D eigenvalue weighted by atomic mass is 10.3. The molecule has 7 heteroatoms. The van der Waals surface area contributed by atoms with Crippen molar-refractivity contribution in [3.05, 3.63) is 15.9 Å². The summed E-state index contributed by atoms with van der Waals surface area (Å²) in [5, 5.41) is 15.9. The molecule has 0 aromatic carbocycles. The Morgan fingerprint density at radius 2 is 2.28 bits per heavy atom. The number of rotatable bonds is 6. The first-order chi connectivity index (χ1) is 8.49. The quantitative estimate of drug-likeness (QED) is 0.360. The predicted molar refractivity (Wildman–Crippen MR) is 74.6 cm³/mol. The Hall–Kier alpha value is -1.08. The Kier molecular flexibility index (Phi) is 5.61. The van der Waals surface area contributed by atoms with Crippen molar-refractivity contribution in [1.82, 2.24) is 14.7 Å². The molecule has 1 heterocycles. The highest BCUT2D eigenvalue weighted by molar-refractivity contribution is 9.10. The molecule has 0 saturated carbocycles. The molecule has 0 saturated heterocycles. The molecule has 0 radical (unpaired) electrons. The molecule has 0 atom stereocenters. The summed E-state index contributed by atoms with van der Waals surface area (Å²) in [4.78, 5) is 2.22. The van der Waals surface area contributed by atoms with Gasteiger partial charge in [-0.15, -0.1) is 0 Å². The zero-order chi connectivity index (χ0) is 13.7. The summed E-state index contributed by atoms with van der Waals surface area (Å²) in [6, 6.07) is 0. The third kappa shape index (κ3) is 3.71. The number of aryl methyl sites for hydroxylation is 2. The monoisotopic (exact) mass is 317 g/mol. The molecule has 1 aromatic rings. The van der Waals surface area contributed by atoms with E-state index in [1.165, 1.54) is 0 Å². The Labute approximate surface area is 116 Å². The van der Waals surface area contributed by atoms with Gasteiger partial charge < -0.3 is 10.9 Å². The Bertz CT molecular complexity index is 429. The molecule has 0 unspecified atom stereocenters. The number of hydrogen-bond acceptors (Lipinski definition) is 4. The van der Waals surface area contributed by atoms with Gasteiger partial charge in [0.15, 0.2) is 0 Å². The van der Waals surface area contributed by atoms with E-state index in [1.54, 1.807) is 0 Å². The number of amidine groups is 1. The number of nitrogens with zero attached hydrogens (tertiary/aromatic N) is 4. The number of oxime groups is 1. The molecular formula is C11H20BrN5O. The standard InChI is InChI=1S/C11H20BrN5O/c1-4-17(6-5-10(13)15-18)7-9-11(12)8(2)14-16(9)3/h18H,4-7H2,1-3H3,(H2,13,15). The van der Waals surface area contributed by atoms with Gasteiger partial charge in [0.25, 0.3) is 0 Å². The summed E-state index contributed by atoms with van der Waals surface area (Å²) in [5.41, 5.74) is 7.60. The Morgan fingerprint density at radius 1 is 1.61 bits per heavy atom. The van der Waals surface area contributed by atoms with Crippen molar-refractivity contribution >= 4 is 21.8 Å². The molecule has 0 aliphatic rings. The fourth-order valence-corrected chi connectivity index (χ4v) is 2.20. The lowest BCUT2D eigenvalue weighted by Gasteiger charge is -2.20. The van der Waals surface area contributed by atoms with Crippen LogP contribution in [0, 0.1) is 6.92 Å². The van der Waals surface area contributed by atoms with Crippen LogP contribution in [0.4, 0.5) is 0 Å². The maximum absolute atomic E-state index is 8.52. The number of hydrogen-bond donors (Lipinski definition) is 2. The third-order valence-electron chi connectivity index (χ3n) is 2.89. The second-order valence-electron chi connectivity index (χ2n) is 4.18. The topological polar surface area (TPSA) is 79.7 Å². The van der Waals surface area contributed by atoms with Gasteiger partial charge in [-0.2, -0.15) is 5.10 Å². The second kappa shape index (κ2) is 6.75. The van der Waals surface area contributed by atoms with Crippen LogP contribution in [0.15, 0.2) is 9.63 Å². The van der Waals surface area contributed by atoms with Crippen LogP contribution in [0.3, 0.4) is 0 Å². The summed E-state index contributed by atoms with van der Waals surface area (Å²) in [6.45, 7) is 6.50. The molecule has 0 amide bonds. The average molecular weight is 318 g/mol. The van der Waals surface area contributed by atoms with Crippen molar-refractivity contribution in [3.8, 4) is 0 Å². The number of halogens is 1. The first kappa shape index (κ1) is 15.0. The van der Waals surface area contributed by atoms with Crippen LogP contribution >= 0.6 is 15.9 Å². The van der Waals surface area contributed by atoms with Crippen LogP contribution in [0.1, 0.15) is 24.7 Å². The average Bonchev–Trinajstić information content (AvgIpc) is 2.59. The van der Waals surface area contributed by atoms with Crippen LogP contribution in [-0.4, -0.2) is 38.8 Å². The van der Waals surface area contributed by atoms with E-state index in [9.17, 15) is 0 Å². The lowest BCUT2D eigenvalue weighted by Crippen LogP contribution is -2.28. The molecule has 0 aliphatic heterocycles. The van der Waals surface area contributed by atoms with E-state index in [0.29, 0.717) is 6.42 Å². The largest absolute Gasteiger partial charge is 0.409 e. The summed E-state index contributed by atoms with van der Waals surface area (Å²) in [5.74, 6) is 0.258. The van der Waals surface area contributed by atoms with E-state index in [-0.39, 0.29) is 5.84 Å². The zero-order valence-corrected chi connectivity index (χ0v) is 12.6. The highest BCUT2D eigenvalue weighted by atomic mass is 79.9. The Morgan fingerprint density at radius 3 is 2.72 bits per heavy atom. The normalized spacial score (nSPS) is 12.4. The first-order valence-electron chi connectivity index (χ1n) is 5.86. The number of nitrogens with two attached hydrogens (primary N) is 1. The van der Waals surface area contributed by atoms with E-state index in [1.807, 2.05) is 18.7 Å². The molecule has 1 rings (SSSR count). The lowest BCUT2D eigenvalue weighted by molar-refractivity contribution is 0.275. The van der Waals surface area contributed by atoms with Gasteiger partial charge >= 0.3 is 0 Å². The van der Waals surface area contributed by atoms with Gasteiger partial charge in [-0.1, -0.05) is 12.1 Å². The van der Waals surface area contributed by atoms with Gasteiger partial charge in [-0.05, 0) is 29.4 Å². The van der Waals surface area contributed by atoms with E-state index in [4.69, 9.17) is 10.9 Å². The zero-order valence-electron chi connectivity index (χ0n) is 11.0. The molecule has 0 bridgehead atoms. The SMILES string of the molecule is CCN(CCC(N)=NO)Cc1c(Br)c(C)nn1C. The molecule has 0 spiro atoms. The highest BCUT2D eigenvalue weighted by Gasteiger charge is 2.14. The van der Waals surface area contributed by atoms with Crippen molar-refractivity contribution in [2.24, 2.45) is 17.9 Å². The molecule has 18 heavy (non-hydrogen) atoms. The van der Waals surface area contributed by atoms with Crippen LogP contribution < -0.4 is 5.73 Å². The fourth-order valence-electron chi connectivity index (χ4n) is 1.74. The summed E-state index contributed by atoms with van der Waals surface area (Å²) in [6.07, 6.45) is 0.554. The van der Waals surface area contributed by atoms with E-state index in [0.717, 1.165) is 35.5 Å². The third-order valence-corrected chi connectivity index (χ3v) is 3.93. The van der Waals surface area contributed by atoms with Crippen LogP contribution in [-0.2, 0) is 13.6 Å². The smallest absolute Gasteiger partial charge is 0.140 e. The summed E-state index contributed by atoms with van der Waals surface area (Å²) in [7, 11) is 1.93. The van der Waals surface area contributed by atoms with Crippen LogP contribution in [0.25, 0.3) is 0 Å². The molecule has 0 fully saturated rings. The van der Waals surface area contributed by atoms with Crippen molar-refractivity contribution < 1.29 is 5.21 Å². The molecule has 102 valence electrons. The summed E-state index contributed by atoms with van der Waals surface area (Å²) < 4.78 is 2.93. The van der Waals surface area contributed by atoms with Gasteiger partial charge in [0.2, 0.25) is 0 Å². The van der Waals surface area contributed by atoms with Gasteiger partial charge in [0, 0.05) is 26.6 Å². The van der Waals surface area contributed by atoms with Gasteiger partial charge in [-0.3, -0.25) is 9.58 Å². The molecule has 1 aromatic heterocycles. The van der Waals surface area contributed by atoms with E-state index < -0.39 is 0 Å². The first-order valence-corrected chi connectivity index (χ1v) is 6.65. The number of aromatic nitrogens is 2. The summed E-state index contributed by atoms with van der Waals surface area (Å²) >= 11 is 3.55. The highest BCUT2D eigenvalue weighted by Crippen LogP contribution is 2.21. The molecular weight excluding hydrogens is 298 g/mol. The Balaban J connectivity index is 2.68. The van der Waals surface area contributed by atoms with Crippen molar-refractivity contribution in [2.45, 2.75) is 26.8 Å². The van der Waals surface area contributed by atoms with E-state index >= 15 is 0 Å². The molecule has 3 N–H and O–H groups in total. The van der Waals surface area contributed by atoms with Gasteiger partial charge in [0.1, 0.15) is 5.84 Å². The van der Waals surface area contributed by atoms with Crippen LogP contribution in [0.2, 0.25) is 0 Å². The minimum atomic E-state index is 0.258. The van der Waals surface area contributed by atoms with Gasteiger partial charge in [-0.25, -0.2) is 0 Å².